The maximum Gasteiger partial charge on any atom is 0.191 e. The molecule has 3 aromatic rings. The maximum absolute atomic E-state index is 5.92. The van der Waals surface area contributed by atoms with Crippen LogP contribution in [-0.2, 0) is 17.9 Å². The van der Waals surface area contributed by atoms with Crippen LogP contribution in [0.15, 0.2) is 84.0 Å². The Balaban J connectivity index is 0.00000385. The van der Waals surface area contributed by atoms with E-state index in [1.165, 1.54) is 5.56 Å². The Labute approximate surface area is 213 Å². The number of ether oxygens (including phenoxy) is 2. The minimum atomic E-state index is 0. The lowest BCUT2D eigenvalue weighted by Gasteiger charge is -2.15. The van der Waals surface area contributed by atoms with Crippen molar-refractivity contribution in [1.82, 2.24) is 15.6 Å². The van der Waals surface area contributed by atoms with Crippen molar-refractivity contribution < 1.29 is 9.47 Å². The predicted molar refractivity (Wildman–Crippen MR) is 144 cm³/mol. The van der Waals surface area contributed by atoms with Crippen molar-refractivity contribution >= 4 is 29.9 Å². The molecule has 0 saturated carbocycles. The van der Waals surface area contributed by atoms with Gasteiger partial charge in [-0.25, -0.2) is 0 Å². The fraction of sp³-hybridized carbons (Fsp3) is 0.308. The van der Waals surface area contributed by atoms with Gasteiger partial charge in [0.25, 0.3) is 0 Å². The Morgan fingerprint density at radius 1 is 1.00 bits per heavy atom. The summed E-state index contributed by atoms with van der Waals surface area (Å²) in [5, 5.41) is 6.68. The van der Waals surface area contributed by atoms with E-state index in [2.05, 4.69) is 45.7 Å². The smallest absolute Gasteiger partial charge is 0.191 e. The molecular formula is C26H33IN4O2. The van der Waals surface area contributed by atoms with Gasteiger partial charge >= 0.3 is 0 Å². The summed E-state index contributed by atoms with van der Waals surface area (Å²) in [6, 6.07) is 24.1. The molecule has 0 fully saturated rings. The van der Waals surface area contributed by atoms with Gasteiger partial charge < -0.3 is 20.1 Å². The van der Waals surface area contributed by atoms with E-state index < -0.39 is 0 Å². The Hall–Kier alpha value is -2.65. The highest BCUT2D eigenvalue weighted by atomic mass is 127. The summed E-state index contributed by atoms with van der Waals surface area (Å²) in [4.78, 5) is 8.58. The van der Waals surface area contributed by atoms with Crippen molar-refractivity contribution in [2.24, 2.45) is 4.99 Å². The Bertz CT molecular complexity index is 955. The number of pyridine rings is 1. The summed E-state index contributed by atoms with van der Waals surface area (Å²) in [7, 11) is 1.77. The van der Waals surface area contributed by atoms with Gasteiger partial charge in [0.2, 0.25) is 0 Å². The first-order valence-electron chi connectivity index (χ1n) is 11.0. The van der Waals surface area contributed by atoms with Gasteiger partial charge in [-0.3, -0.25) is 9.98 Å². The Morgan fingerprint density at radius 3 is 2.58 bits per heavy atom. The summed E-state index contributed by atoms with van der Waals surface area (Å²) >= 11 is 0. The second kappa shape index (κ2) is 15.2. The fourth-order valence-corrected chi connectivity index (χ4v) is 3.15. The highest BCUT2D eigenvalue weighted by Gasteiger charge is 2.05. The molecule has 0 aliphatic carbocycles. The first-order valence-corrected chi connectivity index (χ1v) is 11.0. The van der Waals surface area contributed by atoms with Crippen LogP contribution in [0.1, 0.15) is 36.3 Å². The number of hydrogen-bond donors (Lipinski definition) is 2. The molecule has 1 atom stereocenters. The molecule has 1 aromatic heterocycles. The molecule has 0 aliphatic rings. The van der Waals surface area contributed by atoms with Gasteiger partial charge in [0, 0.05) is 32.9 Å². The SMILES string of the molecule is CN=C(NCCCOC(C)c1ccccc1)NCc1cccc(OCc2ccccn2)c1.I. The normalized spacial score (nSPS) is 11.9. The number of benzene rings is 2. The number of aliphatic imine (C=N–C) groups is 1. The van der Waals surface area contributed by atoms with Crippen molar-refractivity contribution in [2.45, 2.75) is 32.6 Å². The van der Waals surface area contributed by atoms with Gasteiger partial charge in [-0.1, -0.05) is 48.5 Å². The number of guanidine groups is 1. The second-order valence-electron chi connectivity index (χ2n) is 7.39. The van der Waals surface area contributed by atoms with Gasteiger partial charge in [0.1, 0.15) is 12.4 Å². The third kappa shape index (κ3) is 9.79. The van der Waals surface area contributed by atoms with Crippen LogP contribution in [0, 0.1) is 0 Å². The maximum atomic E-state index is 5.92. The molecule has 1 unspecified atom stereocenters. The minimum absolute atomic E-state index is 0. The zero-order chi connectivity index (χ0) is 22.4. The van der Waals surface area contributed by atoms with Crippen LogP contribution < -0.4 is 15.4 Å². The van der Waals surface area contributed by atoms with Crippen molar-refractivity contribution in [3.63, 3.8) is 0 Å². The largest absolute Gasteiger partial charge is 0.487 e. The van der Waals surface area contributed by atoms with Crippen LogP contribution >= 0.6 is 24.0 Å². The Morgan fingerprint density at radius 2 is 1.82 bits per heavy atom. The molecule has 0 saturated heterocycles. The molecule has 3 rings (SSSR count). The van der Waals surface area contributed by atoms with E-state index in [-0.39, 0.29) is 30.1 Å². The molecule has 0 amide bonds. The topological polar surface area (TPSA) is 67.8 Å². The number of halogens is 1. The van der Waals surface area contributed by atoms with Gasteiger partial charge in [0.15, 0.2) is 5.96 Å². The van der Waals surface area contributed by atoms with Gasteiger partial charge in [-0.05, 0) is 48.7 Å². The summed E-state index contributed by atoms with van der Waals surface area (Å²) in [6.45, 7) is 4.66. The first kappa shape index (κ1) is 26.6. The lowest BCUT2D eigenvalue weighted by Crippen LogP contribution is -2.37. The van der Waals surface area contributed by atoms with E-state index >= 15 is 0 Å². The van der Waals surface area contributed by atoms with E-state index in [1.54, 1.807) is 13.2 Å². The van der Waals surface area contributed by atoms with Crippen molar-refractivity contribution in [1.29, 1.82) is 0 Å². The number of nitrogens with zero attached hydrogens (tertiary/aromatic N) is 2. The van der Waals surface area contributed by atoms with Crippen molar-refractivity contribution in [2.75, 3.05) is 20.2 Å². The highest BCUT2D eigenvalue weighted by molar-refractivity contribution is 14.0. The van der Waals surface area contributed by atoms with Crippen LogP contribution in [0.5, 0.6) is 5.75 Å². The van der Waals surface area contributed by atoms with E-state index in [0.29, 0.717) is 19.8 Å². The molecule has 1 heterocycles. The van der Waals surface area contributed by atoms with Gasteiger partial charge in [-0.2, -0.15) is 0 Å². The molecule has 7 heteroatoms. The molecule has 0 aliphatic heterocycles. The predicted octanol–water partition coefficient (Wildman–Crippen LogP) is 5.11. The molecule has 2 N–H and O–H groups in total. The molecule has 0 spiro atoms. The quantitative estimate of drug-likeness (QED) is 0.148. The van der Waals surface area contributed by atoms with E-state index in [1.807, 2.05) is 54.6 Å². The third-order valence-corrected chi connectivity index (χ3v) is 4.95. The molecule has 33 heavy (non-hydrogen) atoms. The first-order chi connectivity index (χ1) is 15.7. The molecule has 0 bridgehead atoms. The lowest BCUT2D eigenvalue weighted by atomic mass is 10.1. The summed E-state index contributed by atoms with van der Waals surface area (Å²) in [5.41, 5.74) is 3.22. The lowest BCUT2D eigenvalue weighted by molar-refractivity contribution is 0.0646. The summed E-state index contributed by atoms with van der Waals surface area (Å²) in [6.07, 6.45) is 2.77. The van der Waals surface area contributed by atoms with Crippen LogP contribution in [-0.4, -0.2) is 31.1 Å². The summed E-state index contributed by atoms with van der Waals surface area (Å²) in [5.74, 6) is 1.59. The van der Waals surface area contributed by atoms with Crippen LogP contribution in [0.4, 0.5) is 0 Å². The number of hydrogen-bond acceptors (Lipinski definition) is 4. The summed E-state index contributed by atoms with van der Waals surface area (Å²) < 4.78 is 11.8. The average molecular weight is 560 g/mol. The third-order valence-electron chi connectivity index (χ3n) is 4.95. The number of nitrogens with one attached hydrogen (secondary N) is 2. The van der Waals surface area contributed by atoms with E-state index in [0.717, 1.165) is 35.9 Å². The number of rotatable bonds is 11. The monoisotopic (exact) mass is 560 g/mol. The zero-order valence-electron chi connectivity index (χ0n) is 19.2. The van der Waals surface area contributed by atoms with Crippen LogP contribution in [0.3, 0.4) is 0 Å². The van der Waals surface area contributed by atoms with Crippen molar-refractivity contribution in [3.8, 4) is 5.75 Å². The molecule has 6 nitrogen and oxygen atoms in total. The average Bonchev–Trinajstić information content (AvgIpc) is 2.85. The van der Waals surface area contributed by atoms with E-state index in [4.69, 9.17) is 9.47 Å². The zero-order valence-corrected chi connectivity index (χ0v) is 21.6. The molecule has 0 radical (unpaired) electrons. The molecule has 2 aromatic carbocycles. The molecule has 176 valence electrons. The Kier molecular flexibility index (Phi) is 12.3. The minimum Gasteiger partial charge on any atom is -0.487 e. The highest BCUT2D eigenvalue weighted by Crippen LogP contribution is 2.16. The fourth-order valence-electron chi connectivity index (χ4n) is 3.15. The van der Waals surface area contributed by atoms with E-state index in [9.17, 15) is 0 Å². The van der Waals surface area contributed by atoms with Gasteiger partial charge in [-0.15, -0.1) is 24.0 Å². The number of aromatic nitrogens is 1. The standard InChI is InChI=1S/C26H32N4O2.HI/c1-21(23-11-4-3-5-12-23)31-17-9-16-29-26(27-2)30-19-22-10-8-14-25(18-22)32-20-24-13-6-7-15-28-24;/h3-8,10-15,18,21H,9,16-17,19-20H2,1-2H3,(H2,27,29,30);1H. The van der Waals surface area contributed by atoms with Crippen LogP contribution in [0.2, 0.25) is 0 Å². The van der Waals surface area contributed by atoms with Crippen molar-refractivity contribution in [3.05, 3.63) is 95.8 Å². The van der Waals surface area contributed by atoms with Crippen LogP contribution in [0.25, 0.3) is 0 Å². The molecular weight excluding hydrogens is 527 g/mol. The van der Waals surface area contributed by atoms with Gasteiger partial charge in [0.05, 0.1) is 11.8 Å². The second-order valence-corrected chi connectivity index (χ2v) is 7.39.